The van der Waals surface area contributed by atoms with E-state index in [0.29, 0.717) is 31.8 Å². The Morgan fingerprint density at radius 1 is 0.810 bits per heavy atom. The lowest BCUT2D eigenvalue weighted by molar-refractivity contribution is 0.287. The first kappa shape index (κ1) is 27.1. The van der Waals surface area contributed by atoms with Crippen LogP contribution in [0.25, 0.3) is 33.4 Å². The predicted molar refractivity (Wildman–Crippen MR) is 165 cm³/mol. The van der Waals surface area contributed by atoms with Crippen LogP contribution in [-0.2, 0) is 19.5 Å². The summed E-state index contributed by atoms with van der Waals surface area (Å²) in [6, 6.07) is 30.6. The summed E-state index contributed by atoms with van der Waals surface area (Å²) in [6.45, 7) is 6.18. The van der Waals surface area contributed by atoms with Crippen molar-refractivity contribution in [2.45, 2.75) is 33.4 Å². The lowest BCUT2D eigenvalue weighted by Crippen LogP contribution is -2.22. The third kappa shape index (κ3) is 5.33. The van der Waals surface area contributed by atoms with E-state index < -0.39 is 0 Å². The minimum atomic E-state index is 0.421. The van der Waals surface area contributed by atoms with Gasteiger partial charge in [-0.1, -0.05) is 66.7 Å². The van der Waals surface area contributed by atoms with Crippen molar-refractivity contribution >= 4 is 11.0 Å². The van der Waals surface area contributed by atoms with Crippen molar-refractivity contribution < 1.29 is 13.9 Å². The largest absolute Gasteiger partial charge is 0.490 e. The molecule has 1 N–H and O–H groups in total. The van der Waals surface area contributed by atoms with Gasteiger partial charge in [-0.2, -0.15) is 0 Å². The van der Waals surface area contributed by atoms with Crippen LogP contribution in [0.4, 0.5) is 0 Å². The van der Waals surface area contributed by atoms with E-state index in [4.69, 9.17) is 18.9 Å². The first-order valence-corrected chi connectivity index (χ1v) is 14.4. The lowest BCUT2D eigenvalue weighted by atomic mass is 9.99. The lowest BCUT2D eigenvalue weighted by Gasteiger charge is -2.13. The van der Waals surface area contributed by atoms with E-state index >= 15 is 0 Å². The molecular weight excluding hydrogens is 524 g/mol. The standard InChI is InChI=1S/C35H34N4O3/c1-3-40-29-18-17-25(22-30(29)41-4-2)19-20-38-24-37-35-32(34(38)36)31(26-12-7-5-8-13-26)33(27-14-9-6-10-15-27)39(35)23-28-16-11-21-42-28/h5-18,21-22,24,36H,3-4,19-20,23H2,1-2H3. The molecule has 3 aromatic carbocycles. The van der Waals surface area contributed by atoms with Crippen LogP contribution in [-0.4, -0.2) is 27.3 Å². The van der Waals surface area contributed by atoms with Gasteiger partial charge in [0, 0.05) is 12.1 Å². The molecule has 0 spiro atoms. The van der Waals surface area contributed by atoms with Crippen molar-refractivity contribution in [3.05, 3.63) is 120 Å². The van der Waals surface area contributed by atoms with Crippen molar-refractivity contribution in [1.29, 1.82) is 5.41 Å². The molecule has 0 fully saturated rings. The van der Waals surface area contributed by atoms with Gasteiger partial charge in [-0.25, -0.2) is 4.98 Å². The second-order valence-electron chi connectivity index (χ2n) is 10.0. The van der Waals surface area contributed by atoms with Crippen LogP contribution in [0.5, 0.6) is 11.5 Å². The van der Waals surface area contributed by atoms with E-state index in [-0.39, 0.29) is 0 Å². The SMILES string of the molecule is CCOc1ccc(CCn2cnc3c(c(-c4ccccc4)c(-c4ccccc4)n3Cc3ccco3)c2=N)cc1OCC. The van der Waals surface area contributed by atoms with E-state index in [9.17, 15) is 5.41 Å². The molecule has 0 bridgehead atoms. The summed E-state index contributed by atoms with van der Waals surface area (Å²) in [5.41, 5.74) is 6.40. The molecule has 0 aliphatic carbocycles. The summed E-state index contributed by atoms with van der Waals surface area (Å²) in [6.07, 6.45) is 4.19. The van der Waals surface area contributed by atoms with Crippen LogP contribution in [0.3, 0.4) is 0 Å². The van der Waals surface area contributed by atoms with E-state index in [0.717, 1.165) is 62.7 Å². The van der Waals surface area contributed by atoms with Crippen molar-refractivity contribution in [2.75, 3.05) is 13.2 Å². The Bertz CT molecular complexity index is 1840. The van der Waals surface area contributed by atoms with Crippen molar-refractivity contribution in [3.8, 4) is 33.9 Å². The fraction of sp³-hybridized carbons (Fsp3) is 0.200. The van der Waals surface area contributed by atoms with Crippen molar-refractivity contribution in [3.63, 3.8) is 0 Å². The van der Waals surface area contributed by atoms with Gasteiger partial charge in [-0.15, -0.1) is 0 Å². The van der Waals surface area contributed by atoms with Crippen LogP contribution >= 0.6 is 0 Å². The van der Waals surface area contributed by atoms with E-state index in [2.05, 4.69) is 34.9 Å². The van der Waals surface area contributed by atoms with Gasteiger partial charge in [-0.3, -0.25) is 5.41 Å². The molecule has 0 aliphatic heterocycles. The number of aromatic nitrogens is 3. The minimum Gasteiger partial charge on any atom is -0.490 e. The summed E-state index contributed by atoms with van der Waals surface area (Å²) < 4.78 is 21.4. The van der Waals surface area contributed by atoms with Crippen LogP contribution in [0.2, 0.25) is 0 Å². The fourth-order valence-corrected chi connectivity index (χ4v) is 5.45. The number of aryl methyl sites for hydroxylation is 2. The molecule has 3 aromatic heterocycles. The zero-order chi connectivity index (χ0) is 28.9. The molecule has 0 saturated carbocycles. The molecule has 212 valence electrons. The molecule has 7 heteroatoms. The highest BCUT2D eigenvalue weighted by Gasteiger charge is 2.23. The molecule has 0 aliphatic rings. The Morgan fingerprint density at radius 2 is 1.52 bits per heavy atom. The van der Waals surface area contributed by atoms with Gasteiger partial charge in [0.1, 0.15) is 16.9 Å². The molecule has 3 heterocycles. The summed E-state index contributed by atoms with van der Waals surface area (Å²) in [5, 5.41) is 10.3. The molecular formula is C35H34N4O3. The van der Waals surface area contributed by atoms with E-state index in [1.54, 1.807) is 12.6 Å². The number of rotatable bonds is 11. The average molecular weight is 559 g/mol. The fourth-order valence-electron chi connectivity index (χ4n) is 5.45. The molecule has 0 atom stereocenters. The molecule has 7 nitrogen and oxygen atoms in total. The Labute approximate surface area is 245 Å². The molecule has 0 unspecified atom stereocenters. The first-order valence-electron chi connectivity index (χ1n) is 14.4. The number of nitrogens with one attached hydrogen (secondary N) is 1. The van der Waals surface area contributed by atoms with Gasteiger partial charge >= 0.3 is 0 Å². The molecule has 42 heavy (non-hydrogen) atoms. The minimum absolute atomic E-state index is 0.421. The number of benzene rings is 3. The Hall–Kier alpha value is -5.04. The molecule has 0 saturated heterocycles. The van der Waals surface area contributed by atoms with Crippen LogP contribution < -0.4 is 15.0 Å². The van der Waals surface area contributed by atoms with Crippen LogP contribution in [0, 0.1) is 5.41 Å². The summed E-state index contributed by atoms with van der Waals surface area (Å²) in [5.74, 6) is 2.32. The highest BCUT2D eigenvalue weighted by Crippen LogP contribution is 2.39. The number of nitrogens with zero attached hydrogens (tertiary/aromatic N) is 3. The summed E-state index contributed by atoms with van der Waals surface area (Å²) >= 11 is 0. The highest BCUT2D eigenvalue weighted by atomic mass is 16.5. The summed E-state index contributed by atoms with van der Waals surface area (Å²) in [4.78, 5) is 4.97. The second-order valence-corrected chi connectivity index (χ2v) is 10.0. The van der Waals surface area contributed by atoms with Gasteiger partial charge in [-0.05, 0) is 61.2 Å². The molecule has 6 aromatic rings. The normalized spacial score (nSPS) is 11.2. The Kier molecular flexibility index (Phi) is 7.90. The Balaban J connectivity index is 1.48. The van der Waals surface area contributed by atoms with Gasteiger partial charge in [0.05, 0.1) is 43.4 Å². The van der Waals surface area contributed by atoms with Crippen LogP contribution in [0.1, 0.15) is 25.2 Å². The maximum absolute atomic E-state index is 9.46. The third-order valence-corrected chi connectivity index (χ3v) is 7.33. The van der Waals surface area contributed by atoms with Gasteiger partial charge in [0.15, 0.2) is 11.5 Å². The highest BCUT2D eigenvalue weighted by molar-refractivity contribution is 6.02. The van der Waals surface area contributed by atoms with Gasteiger partial charge < -0.3 is 23.0 Å². The van der Waals surface area contributed by atoms with E-state index in [1.807, 2.05) is 79.1 Å². The molecule has 0 radical (unpaired) electrons. The summed E-state index contributed by atoms with van der Waals surface area (Å²) in [7, 11) is 0. The van der Waals surface area contributed by atoms with Gasteiger partial charge in [0.2, 0.25) is 0 Å². The number of hydrogen-bond donors (Lipinski definition) is 1. The maximum Gasteiger partial charge on any atom is 0.161 e. The maximum atomic E-state index is 9.46. The predicted octanol–water partition coefficient (Wildman–Crippen LogP) is 7.33. The smallest absolute Gasteiger partial charge is 0.161 e. The number of furan rings is 1. The quantitative estimate of drug-likeness (QED) is 0.181. The number of fused-ring (bicyclic) bond motifs is 1. The van der Waals surface area contributed by atoms with Gasteiger partial charge in [0.25, 0.3) is 0 Å². The first-order chi connectivity index (χ1) is 20.7. The molecule has 0 amide bonds. The van der Waals surface area contributed by atoms with Crippen molar-refractivity contribution in [2.24, 2.45) is 0 Å². The number of hydrogen-bond acceptors (Lipinski definition) is 5. The zero-order valence-electron chi connectivity index (χ0n) is 23.9. The van der Waals surface area contributed by atoms with Crippen molar-refractivity contribution in [1.82, 2.24) is 14.1 Å². The topological polar surface area (TPSA) is 78.2 Å². The van der Waals surface area contributed by atoms with Crippen LogP contribution in [0.15, 0.2) is 108 Å². The monoisotopic (exact) mass is 558 g/mol. The van der Waals surface area contributed by atoms with E-state index in [1.165, 1.54) is 0 Å². The number of ether oxygens (including phenoxy) is 2. The Morgan fingerprint density at radius 3 is 2.21 bits per heavy atom. The average Bonchev–Trinajstić information content (AvgIpc) is 3.66. The third-order valence-electron chi connectivity index (χ3n) is 7.33. The molecule has 6 rings (SSSR count). The zero-order valence-corrected chi connectivity index (χ0v) is 23.9. The second kappa shape index (κ2) is 12.2.